The third kappa shape index (κ3) is 5.22. The molecule has 8 nitrogen and oxygen atoms in total. The minimum atomic E-state index is -0.242. The summed E-state index contributed by atoms with van der Waals surface area (Å²) < 4.78 is 10.5. The van der Waals surface area contributed by atoms with E-state index in [1.165, 1.54) is 19.3 Å². The molecule has 0 atom stereocenters. The van der Waals surface area contributed by atoms with Gasteiger partial charge in [0, 0.05) is 12.1 Å². The molecule has 3 rings (SSSR count). The number of hydrogen-bond donors (Lipinski definition) is 3. The van der Waals surface area contributed by atoms with Crippen LogP contribution in [0, 0.1) is 0 Å². The molecule has 8 heteroatoms. The molecule has 27 heavy (non-hydrogen) atoms. The summed E-state index contributed by atoms with van der Waals surface area (Å²) in [5, 5.41) is 17.0. The fourth-order valence-corrected chi connectivity index (χ4v) is 3.09. The van der Waals surface area contributed by atoms with E-state index in [1.807, 2.05) is 12.1 Å². The van der Waals surface area contributed by atoms with Crippen LogP contribution in [0.4, 0.5) is 22.1 Å². The molecule has 1 aromatic carbocycles. The van der Waals surface area contributed by atoms with Crippen LogP contribution in [0.2, 0.25) is 0 Å². The SMILES string of the molecule is COc1ccc(Nc2ccc(NC(=O)NC3CCCCC3)nn2)c(OC)c1. The maximum atomic E-state index is 12.1. The first-order chi connectivity index (χ1) is 13.2. The number of aromatic nitrogens is 2. The summed E-state index contributed by atoms with van der Waals surface area (Å²) in [6.07, 6.45) is 5.65. The predicted molar refractivity (Wildman–Crippen MR) is 104 cm³/mol. The molecule has 1 aliphatic carbocycles. The van der Waals surface area contributed by atoms with Crippen molar-refractivity contribution in [3.63, 3.8) is 0 Å². The summed E-state index contributed by atoms with van der Waals surface area (Å²) >= 11 is 0. The number of ether oxygens (including phenoxy) is 2. The van der Waals surface area contributed by atoms with Crippen LogP contribution in [-0.2, 0) is 0 Å². The molecule has 2 aromatic rings. The van der Waals surface area contributed by atoms with Crippen molar-refractivity contribution in [3.05, 3.63) is 30.3 Å². The largest absolute Gasteiger partial charge is 0.497 e. The van der Waals surface area contributed by atoms with Gasteiger partial charge in [0.25, 0.3) is 0 Å². The molecule has 0 aliphatic heterocycles. The van der Waals surface area contributed by atoms with Gasteiger partial charge in [-0.2, -0.15) is 0 Å². The second-order valence-electron chi connectivity index (χ2n) is 6.43. The smallest absolute Gasteiger partial charge is 0.320 e. The molecule has 2 amide bonds. The van der Waals surface area contributed by atoms with Crippen LogP contribution in [0.25, 0.3) is 0 Å². The van der Waals surface area contributed by atoms with Gasteiger partial charge in [-0.25, -0.2) is 4.79 Å². The van der Waals surface area contributed by atoms with Crippen molar-refractivity contribution in [3.8, 4) is 11.5 Å². The van der Waals surface area contributed by atoms with Gasteiger partial charge in [-0.3, -0.25) is 5.32 Å². The topological polar surface area (TPSA) is 97.4 Å². The molecular weight excluding hydrogens is 346 g/mol. The summed E-state index contributed by atoms with van der Waals surface area (Å²) in [7, 11) is 3.19. The maximum Gasteiger partial charge on any atom is 0.320 e. The molecule has 144 valence electrons. The van der Waals surface area contributed by atoms with E-state index < -0.39 is 0 Å². The van der Waals surface area contributed by atoms with Gasteiger partial charge in [0.05, 0.1) is 19.9 Å². The normalized spacial score (nSPS) is 14.3. The number of hydrogen-bond acceptors (Lipinski definition) is 6. The fourth-order valence-electron chi connectivity index (χ4n) is 3.09. The number of urea groups is 1. The van der Waals surface area contributed by atoms with E-state index in [9.17, 15) is 4.79 Å². The van der Waals surface area contributed by atoms with Crippen LogP contribution in [0.15, 0.2) is 30.3 Å². The van der Waals surface area contributed by atoms with Gasteiger partial charge >= 0.3 is 6.03 Å². The Morgan fingerprint density at radius 3 is 2.41 bits per heavy atom. The summed E-state index contributed by atoms with van der Waals surface area (Å²) in [6, 6.07) is 8.89. The molecule has 0 bridgehead atoms. The number of carbonyl (C=O) groups excluding carboxylic acids is 1. The zero-order valence-electron chi connectivity index (χ0n) is 15.6. The van der Waals surface area contributed by atoms with E-state index in [1.54, 1.807) is 32.4 Å². The van der Waals surface area contributed by atoms with Crippen LogP contribution in [0.3, 0.4) is 0 Å². The standard InChI is InChI=1S/C19H25N5O3/c1-26-14-8-9-15(16(12-14)27-2)21-17-10-11-18(24-23-17)22-19(25)20-13-6-4-3-5-7-13/h8-13H,3-7H2,1-2H3,(H,21,23)(H2,20,22,24,25). The van der Waals surface area contributed by atoms with Crippen LogP contribution < -0.4 is 25.4 Å². The van der Waals surface area contributed by atoms with E-state index in [4.69, 9.17) is 9.47 Å². The average Bonchev–Trinajstić information content (AvgIpc) is 2.70. The van der Waals surface area contributed by atoms with Crippen LogP contribution in [-0.4, -0.2) is 36.5 Å². The predicted octanol–water partition coefficient (Wildman–Crippen LogP) is 3.69. The number of nitrogens with zero attached hydrogens (tertiary/aromatic N) is 2. The van der Waals surface area contributed by atoms with Gasteiger partial charge in [0.1, 0.15) is 11.5 Å². The number of methoxy groups -OCH3 is 2. The molecule has 1 fully saturated rings. The molecule has 0 unspecified atom stereocenters. The van der Waals surface area contributed by atoms with Crippen molar-refractivity contribution in [1.29, 1.82) is 0 Å². The Hall–Kier alpha value is -3.03. The number of benzene rings is 1. The number of carbonyl (C=O) groups is 1. The van der Waals surface area contributed by atoms with E-state index in [0.29, 0.717) is 23.1 Å². The highest BCUT2D eigenvalue weighted by Gasteiger charge is 2.16. The van der Waals surface area contributed by atoms with Gasteiger partial charge in [-0.1, -0.05) is 19.3 Å². The first-order valence-corrected chi connectivity index (χ1v) is 9.08. The van der Waals surface area contributed by atoms with Gasteiger partial charge in [0.2, 0.25) is 0 Å². The number of amides is 2. The van der Waals surface area contributed by atoms with Gasteiger partial charge < -0.3 is 20.1 Å². The van der Waals surface area contributed by atoms with Crippen molar-refractivity contribution < 1.29 is 14.3 Å². The van der Waals surface area contributed by atoms with Crippen LogP contribution >= 0.6 is 0 Å². The molecule has 3 N–H and O–H groups in total. The summed E-state index contributed by atoms with van der Waals surface area (Å²) in [5.74, 6) is 2.27. The highest BCUT2D eigenvalue weighted by atomic mass is 16.5. The Morgan fingerprint density at radius 2 is 1.74 bits per heavy atom. The van der Waals surface area contributed by atoms with E-state index in [2.05, 4.69) is 26.1 Å². The highest BCUT2D eigenvalue weighted by Crippen LogP contribution is 2.30. The first kappa shape index (κ1) is 18.8. The van der Waals surface area contributed by atoms with Crippen molar-refractivity contribution in [1.82, 2.24) is 15.5 Å². The quantitative estimate of drug-likeness (QED) is 0.716. The highest BCUT2D eigenvalue weighted by molar-refractivity contribution is 5.88. The molecular formula is C19H25N5O3. The fraction of sp³-hybridized carbons (Fsp3) is 0.421. The molecule has 0 saturated heterocycles. The zero-order valence-corrected chi connectivity index (χ0v) is 15.6. The van der Waals surface area contributed by atoms with Crippen LogP contribution in [0.5, 0.6) is 11.5 Å². The summed E-state index contributed by atoms with van der Waals surface area (Å²) in [6.45, 7) is 0. The minimum absolute atomic E-state index is 0.242. The first-order valence-electron chi connectivity index (χ1n) is 9.08. The van der Waals surface area contributed by atoms with E-state index in [0.717, 1.165) is 18.5 Å². The molecule has 0 spiro atoms. The number of nitrogens with one attached hydrogen (secondary N) is 3. The Kier molecular flexibility index (Phi) is 6.30. The van der Waals surface area contributed by atoms with E-state index in [-0.39, 0.29) is 12.1 Å². The zero-order chi connectivity index (χ0) is 19.1. The van der Waals surface area contributed by atoms with Crippen molar-refractivity contribution >= 4 is 23.4 Å². The third-order valence-electron chi connectivity index (χ3n) is 4.52. The van der Waals surface area contributed by atoms with Crippen LogP contribution in [0.1, 0.15) is 32.1 Å². The lowest BCUT2D eigenvalue weighted by Crippen LogP contribution is -2.39. The van der Waals surface area contributed by atoms with Gasteiger partial charge in [-0.15, -0.1) is 10.2 Å². The van der Waals surface area contributed by atoms with Crippen molar-refractivity contribution in [2.24, 2.45) is 0 Å². The molecule has 1 aromatic heterocycles. The Balaban J connectivity index is 1.57. The lowest BCUT2D eigenvalue weighted by atomic mass is 9.96. The van der Waals surface area contributed by atoms with E-state index >= 15 is 0 Å². The summed E-state index contributed by atoms with van der Waals surface area (Å²) in [4.78, 5) is 12.1. The molecule has 1 aliphatic rings. The second-order valence-corrected chi connectivity index (χ2v) is 6.43. The molecule has 1 saturated carbocycles. The molecule has 0 radical (unpaired) electrons. The molecule has 1 heterocycles. The Labute approximate surface area is 158 Å². The van der Waals surface area contributed by atoms with Crippen molar-refractivity contribution in [2.75, 3.05) is 24.9 Å². The number of rotatable bonds is 6. The lowest BCUT2D eigenvalue weighted by Gasteiger charge is -2.22. The summed E-state index contributed by atoms with van der Waals surface area (Å²) in [5.41, 5.74) is 0.739. The van der Waals surface area contributed by atoms with Gasteiger partial charge in [0.15, 0.2) is 11.6 Å². The maximum absolute atomic E-state index is 12.1. The Bertz CT molecular complexity index is 760. The monoisotopic (exact) mass is 371 g/mol. The van der Waals surface area contributed by atoms with Crippen molar-refractivity contribution in [2.45, 2.75) is 38.1 Å². The third-order valence-corrected chi connectivity index (χ3v) is 4.52. The van der Waals surface area contributed by atoms with Gasteiger partial charge in [-0.05, 0) is 37.1 Å². The lowest BCUT2D eigenvalue weighted by molar-refractivity contribution is 0.244. The second kappa shape index (κ2) is 9.07. The average molecular weight is 371 g/mol. The number of anilines is 3. The Morgan fingerprint density at radius 1 is 1.00 bits per heavy atom. The minimum Gasteiger partial charge on any atom is -0.497 e.